The van der Waals surface area contributed by atoms with E-state index >= 15 is 0 Å². The Morgan fingerprint density at radius 3 is 2.95 bits per heavy atom. The molecule has 1 aromatic heterocycles. The van der Waals surface area contributed by atoms with Crippen LogP contribution in [-0.2, 0) is 22.5 Å². The van der Waals surface area contributed by atoms with E-state index in [0.29, 0.717) is 18.5 Å². The van der Waals surface area contributed by atoms with Crippen molar-refractivity contribution in [2.45, 2.75) is 44.8 Å². The monoisotopic (exact) mass is 296 g/mol. The second kappa shape index (κ2) is 7.20. The summed E-state index contributed by atoms with van der Waals surface area (Å²) in [5.41, 5.74) is 0. The Bertz CT molecular complexity index is 447. The third-order valence-electron chi connectivity index (χ3n) is 4.04. The summed E-state index contributed by atoms with van der Waals surface area (Å²) >= 11 is 1.69. The van der Waals surface area contributed by atoms with E-state index in [0.717, 1.165) is 18.0 Å². The van der Waals surface area contributed by atoms with Gasteiger partial charge in [0, 0.05) is 28.4 Å². The van der Waals surface area contributed by atoms with Gasteiger partial charge in [0.2, 0.25) is 0 Å². The second-order valence-electron chi connectivity index (χ2n) is 5.55. The molecule has 0 radical (unpaired) electrons. The number of likely N-dealkylation sites (tertiary alicyclic amines) is 1. The first-order valence-electron chi connectivity index (χ1n) is 7.16. The highest BCUT2D eigenvalue weighted by Gasteiger charge is 2.22. The van der Waals surface area contributed by atoms with Gasteiger partial charge in [0.1, 0.15) is 0 Å². The lowest BCUT2D eigenvalue weighted by Crippen LogP contribution is -2.45. The molecular formula is C15H24N2O2S. The fraction of sp³-hybridized carbons (Fsp3) is 0.667. The van der Waals surface area contributed by atoms with Crippen LogP contribution in [0.2, 0.25) is 0 Å². The summed E-state index contributed by atoms with van der Waals surface area (Å²) in [5, 5.41) is 3.64. The van der Waals surface area contributed by atoms with Crippen LogP contribution in [0.4, 0.5) is 0 Å². The van der Waals surface area contributed by atoms with E-state index in [-0.39, 0.29) is 5.97 Å². The summed E-state index contributed by atoms with van der Waals surface area (Å²) < 4.78 is 4.69. The van der Waals surface area contributed by atoms with Gasteiger partial charge in [-0.15, -0.1) is 11.3 Å². The van der Waals surface area contributed by atoms with Gasteiger partial charge in [-0.3, -0.25) is 4.79 Å². The molecule has 0 saturated carbocycles. The molecule has 112 valence electrons. The van der Waals surface area contributed by atoms with Gasteiger partial charge < -0.3 is 15.0 Å². The molecule has 2 unspecified atom stereocenters. The Hall–Kier alpha value is -0.910. The topological polar surface area (TPSA) is 41.6 Å². The molecular weight excluding hydrogens is 272 g/mol. The summed E-state index contributed by atoms with van der Waals surface area (Å²) in [7, 11) is 3.62. The molecule has 0 aliphatic carbocycles. The zero-order chi connectivity index (χ0) is 14.5. The lowest BCUT2D eigenvalue weighted by atomic mass is 9.99. The number of nitrogens with zero attached hydrogens (tertiary/aromatic N) is 1. The molecule has 2 heterocycles. The number of nitrogens with one attached hydrogen (secondary N) is 1. The quantitative estimate of drug-likeness (QED) is 0.844. The van der Waals surface area contributed by atoms with E-state index in [2.05, 4.69) is 35.0 Å². The van der Waals surface area contributed by atoms with Crippen molar-refractivity contribution in [1.82, 2.24) is 10.2 Å². The molecule has 1 saturated heterocycles. The SMILES string of the molecule is COC(=O)Cc1ccc(CNC2CCN(C)C(C)C2)s1. The summed E-state index contributed by atoms with van der Waals surface area (Å²) in [6.45, 7) is 4.34. The van der Waals surface area contributed by atoms with Crippen molar-refractivity contribution in [2.75, 3.05) is 20.7 Å². The highest BCUT2D eigenvalue weighted by atomic mass is 32.1. The number of thiophene rings is 1. The van der Waals surface area contributed by atoms with E-state index in [4.69, 9.17) is 0 Å². The van der Waals surface area contributed by atoms with Crippen molar-refractivity contribution < 1.29 is 9.53 Å². The van der Waals surface area contributed by atoms with Crippen molar-refractivity contribution in [3.8, 4) is 0 Å². The second-order valence-corrected chi connectivity index (χ2v) is 6.81. The van der Waals surface area contributed by atoms with Gasteiger partial charge >= 0.3 is 5.97 Å². The number of carbonyl (C=O) groups excluding carboxylic acids is 1. The molecule has 1 aliphatic heterocycles. The van der Waals surface area contributed by atoms with E-state index in [1.807, 2.05) is 6.07 Å². The number of esters is 1. The molecule has 1 aromatic rings. The molecule has 2 atom stereocenters. The Morgan fingerprint density at radius 1 is 1.50 bits per heavy atom. The van der Waals surface area contributed by atoms with E-state index in [9.17, 15) is 4.79 Å². The third-order valence-corrected chi connectivity index (χ3v) is 5.12. The molecule has 0 bridgehead atoms. The van der Waals surface area contributed by atoms with Crippen molar-refractivity contribution in [3.63, 3.8) is 0 Å². The van der Waals surface area contributed by atoms with Crippen molar-refractivity contribution in [1.29, 1.82) is 0 Å². The zero-order valence-corrected chi connectivity index (χ0v) is 13.3. The standard InChI is InChI=1S/C15H24N2O2S/c1-11-8-12(6-7-17(11)2)16-10-14-5-4-13(20-14)9-15(18)19-3/h4-5,11-12,16H,6-10H2,1-3H3. The number of hydrogen-bond donors (Lipinski definition) is 1. The summed E-state index contributed by atoms with van der Waals surface area (Å²) in [6, 6.07) is 5.39. The van der Waals surface area contributed by atoms with Gasteiger partial charge in [0.15, 0.2) is 0 Å². The molecule has 1 N–H and O–H groups in total. The molecule has 5 heteroatoms. The van der Waals surface area contributed by atoms with Crippen LogP contribution >= 0.6 is 11.3 Å². The van der Waals surface area contributed by atoms with Gasteiger partial charge in [-0.2, -0.15) is 0 Å². The average Bonchev–Trinajstić information content (AvgIpc) is 2.87. The minimum Gasteiger partial charge on any atom is -0.469 e. The van der Waals surface area contributed by atoms with Gasteiger partial charge in [-0.1, -0.05) is 0 Å². The normalized spacial score (nSPS) is 23.8. The Labute approximate surface area is 125 Å². The average molecular weight is 296 g/mol. The minimum atomic E-state index is -0.171. The van der Waals surface area contributed by atoms with Crippen LogP contribution in [0, 0.1) is 0 Å². The van der Waals surface area contributed by atoms with Crippen LogP contribution in [0.3, 0.4) is 0 Å². The lowest BCUT2D eigenvalue weighted by molar-refractivity contribution is -0.139. The lowest BCUT2D eigenvalue weighted by Gasteiger charge is -2.35. The summed E-state index contributed by atoms with van der Waals surface area (Å²) in [6.07, 6.45) is 2.80. The van der Waals surface area contributed by atoms with Gasteiger partial charge in [0.05, 0.1) is 13.5 Å². The first-order valence-corrected chi connectivity index (χ1v) is 7.98. The maximum absolute atomic E-state index is 11.2. The van der Waals surface area contributed by atoms with Gasteiger partial charge in [0.25, 0.3) is 0 Å². The van der Waals surface area contributed by atoms with Crippen molar-refractivity contribution >= 4 is 17.3 Å². The van der Waals surface area contributed by atoms with Gasteiger partial charge in [-0.05, 0) is 45.5 Å². The van der Waals surface area contributed by atoms with Crippen molar-refractivity contribution in [3.05, 3.63) is 21.9 Å². The predicted octanol–water partition coefficient (Wildman–Crippen LogP) is 2.04. The largest absolute Gasteiger partial charge is 0.469 e. The fourth-order valence-corrected chi connectivity index (χ4v) is 3.50. The smallest absolute Gasteiger partial charge is 0.310 e. The fourth-order valence-electron chi connectivity index (χ4n) is 2.55. The Morgan fingerprint density at radius 2 is 2.25 bits per heavy atom. The van der Waals surface area contributed by atoms with Gasteiger partial charge in [-0.25, -0.2) is 0 Å². The first kappa shape index (κ1) is 15.5. The molecule has 0 spiro atoms. The first-order chi connectivity index (χ1) is 9.58. The summed E-state index contributed by atoms with van der Waals surface area (Å²) in [5.74, 6) is -0.171. The predicted molar refractivity (Wildman–Crippen MR) is 82.0 cm³/mol. The molecule has 1 fully saturated rings. The minimum absolute atomic E-state index is 0.171. The maximum Gasteiger partial charge on any atom is 0.310 e. The number of piperidine rings is 1. The van der Waals surface area contributed by atoms with E-state index in [1.54, 1.807) is 11.3 Å². The molecule has 0 aromatic carbocycles. The molecule has 20 heavy (non-hydrogen) atoms. The van der Waals surface area contributed by atoms with Crippen molar-refractivity contribution in [2.24, 2.45) is 0 Å². The van der Waals surface area contributed by atoms with Crippen LogP contribution in [0.5, 0.6) is 0 Å². The number of hydrogen-bond acceptors (Lipinski definition) is 5. The summed E-state index contributed by atoms with van der Waals surface area (Å²) in [4.78, 5) is 16.0. The maximum atomic E-state index is 11.2. The molecule has 2 rings (SSSR count). The van der Waals surface area contributed by atoms with E-state index in [1.165, 1.54) is 24.8 Å². The number of methoxy groups -OCH3 is 1. The number of ether oxygens (including phenoxy) is 1. The van der Waals surface area contributed by atoms with Crippen LogP contribution in [-0.4, -0.2) is 43.7 Å². The Kier molecular flexibility index (Phi) is 5.57. The van der Waals surface area contributed by atoms with E-state index < -0.39 is 0 Å². The Balaban J connectivity index is 1.78. The third kappa shape index (κ3) is 4.30. The van der Waals surface area contributed by atoms with Crippen LogP contribution in [0.1, 0.15) is 29.5 Å². The van der Waals surface area contributed by atoms with Crippen LogP contribution in [0.25, 0.3) is 0 Å². The van der Waals surface area contributed by atoms with Crippen LogP contribution < -0.4 is 5.32 Å². The number of carbonyl (C=O) groups is 1. The zero-order valence-electron chi connectivity index (χ0n) is 12.5. The molecule has 0 amide bonds. The molecule has 4 nitrogen and oxygen atoms in total. The highest BCUT2D eigenvalue weighted by Crippen LogP contribution is 2.19. The molecule has 1 aliphatic rings. The van der Waals surface area contributed by atoms with Crippen LogP contribution in [0.15, 0.2) is 12.1 Å². The number of rotatable bonds is 5. The highest BCUT2D eigenvalue weighted by molar-refractivity contribution is 7.12.